The normalized spacial score (nSPS) is 17.4. The molecule has 0 saturated heterocycles. The molecule has 0 fully saturated rings. The molecular formula is C31H36N2O6. The zero-order valence-electron chi connectivity index (χ0n) is 22.7. The molecule has 39 heavy (non-hydrogen) atoms. The summed E-state index contributed by atoms with van der Waals surface area (Å²) in [6, 6.07) is 15.2. The van der Waals surface area contributed by atoms with Crippen LogP contribution in [-0.4, -0.2) is 53.0 Å². The van der Waals surface area contributed by atoms with Gasteiger partial charge in [0.1, 0.15) is 18.4 Å². The van der Waals surface area contributed by atoms with E-state index in [0.29, 0.717) is 25.8 Å². The maximum Gasteiger partial charge on any atom is 0.407 e. The zero-order valence-corrected chi connectivity index (χ0v) is 22.7. The van der Waals surface area contributed by atoms with Crippen LogP contribution >= 0.6 is 0 Å². The Hall–Kier alpha value is -3.94. The predicted molar refractivity (Wildman–Crippen MR) is 149 cm³/mol. The molecule has 0 bridgehead atoms. The van der Waals surface area contributed by atoms with Gasteiger partial charge in [-0.3, -0.25) is 9.79 Å². The van der Waals surface area contributed by atoms with E-state index in [1.165, 1.54) is 0 Å². The number of rotatable bonds is 10. The van der Waals surface area contributed by atoms with E-state index in [1.807, 2.05) is 38.1 Å². The topological polar surface area (TPSA) is 125 Å². The Bertz CT molecular complexity index is 1280. The number of nitrogens with one attached hydrogen (secondary N) is 1. The second-order valence-electron chi connectivity index (χ2n) is 11.1. The number of aliphatic hydroxyl groups is 1. The summed E-state index contributed by atoms with van der Waals surface area (Å²) in [7, 11) is 0. The number of amides is 1. The zero-order chi connectivity index (χ0) is 28.2. The van der Waals surface area contributed by atoms with Crippen LogP contribution in [0, 0.1) is 5.41 Å². The first-order chi connectivity index (χ1) is 18.6. The number of aliphatic hydroxyl groups excluding tert-OH is 1. The molecule has 2 aromatic carbocycles. The molecule has 0 unspecified atom stereocenters. The summed E-state index contributed by atoms with van der Waals surface area (Å²) < 4.78 is 5.53. The number of carboxylic acids is 1. The van der Waals surface area contributed by atoms with Crippen LogP contribution in [0.15, 0.2) is 64.9 Å². The van der Waals surface area contributed by atoms with E-state index < -0.39 is 18.1 Å². The molecule has 0 radical (unpaired) electrons. The number of allylic oxidation sites excluding steroid dienone is 2. The van der Waals surface area contributed by atoms with Crippen LogP contribution in [0.3, 0.4) is 0 Å². The third-order valence-electron chi connectivity index (χ3n) is 7.37. The number of ether oxygens (including phenoxy) is 1. The minimum Gasteiger partial charge on any atom is -0.511 e. The predicted octanol–water partition coefficient (Wildman–Crippen LogP) is 5.81. The largest absolute Gasteiger partial charge is 0.511 e. The van der Waals surface area contributed by atoms with Crippen molar-refractivity contribution >= 4 is 23.6 Å². The van der Waals surface area contributed by atoms with Gasteiger partial charge in [0.2, 0.25) is 0 Å². The highest BCUT2D eigenvalue weighted by Crippen LogP contribution is 2.44. The number of carbonyl (C=O) groups is 3. The summed E-state index contributed by atoms with van der Waals surface area (Å²) in [4.78, 5) is 40.9. The summed E-state index contributed by atoms with van der Waals surface area (Å²) in [5, 5.41) is 22.8. The molecule has 2 aromatic rings. The lowest BCUT2D eigenvalue weighted by atomic mass is 9.75. The van der Waals surface area contributed by atoms with Crippen molar-refractivity contribution in [2.75, 3.05) is 13.2 Å². The van der Waals surface area contributed by atoms with Gasteiger partial charge in [-0.15, -0.1) is 0 Å². The number of unbranched alkanes of at least 4 members (excludes halogenated alkanes) is 1. The highest BCUT2D eigenvalue weighted by atomic mass is 16.5. The van der Waals surface area contributed by atoms with Crippen molar-refractivity contribution in [3.63, 3.8) is 0 Å². The molecule has 4 rings (SSSR count). The van der Waals surface area contributed by atoms with E-state index >= 15 is 0 Å². The Kier molecular flexibility index (Phi) is 8.53. The summed E-state index contributed by atoms with van der Waals surface area (Å²) in [6.07, 6.45) is 1.40. The molecule has 0 spiro atoms. The smallest absolute Gasteiger partial charge is 0.407 e. The quantitative estimate of drug-likeness (QED) is 0.262. The average molecular weight is 533 g/mol. The molecule has 0 saturated carbocycles. The molecule has 0 heterocycles. The number of hydrogen-bond acceptors (Lipinski definition) is 6. The number of aliphatic carboxylic acids is 1. The molecule has 8 nitrogen and oxygen atoms in total. The highest BCUT2D eigenvalue weighted by molar-refractivity contribution is 6.22. The Balaban J connectivity index is 1.24. The first kappa shape index (κ1) is 28.1. The second kappa shape index (κ2) is 11.8. The number of nitrogens with zero attached hydrogens (tertiary/aromatic N) is 1. The molecule has 0 aromatic heterocycles. The van der Waals surface area contributed by atoms with Gasteiger partial charge in [0.25, 0.3) is 0 Å². The van der Waals surface area contributed by atoms with E-state index in [1.54, 1.807) is 6.92 Å². The number of Topliss-reactive ketones (excluding diaryl/α,β-unsaturated/α-hetero) is 1. The van der Waals surface area contributed by atoms with Crippen LogP contribution in [-0.2, 0) is 14.3 Å². The van der Waals surface area contributed by atoms with Crippen LogP contribution in [0.2, 0.25) is 0 Å². The maximum atomic E-state index is 12.5. The SMILES string of the molecule is CC(=N[C@H](CCCCNC(=O)OCC1c2ccccc2-c2ccccc21)C(=O)O)C1=C(O)CC(C)(C)CC1=O. The van der Waals surface area contributed by atoms with Gasteiger partial charge in [-0.05, 0) is 53.9 Å². The van der Waals surface area contributed by atoms with Gasteiger partial charge >= 0.3 is 12.1 Å². The fraction of sp³-hybridized carbons (Fsp3) is 0.419. The minimum atomic E-state index is -1.09. The minimum absolute atomic E-state index is 0.0164. The van der Waals surface area contributed by atoms with Gasteiger partial charge in [-0.1, -0.05) is 62.4 Å². The Labute approximate surface area is 228 Å². The fourth-order valence-corrected chi connectivity index (χ4v) is 5.54. The van der Waals surface area contributed by atoms with Crippen LogP contribution in [0.1, 0.15) is 69.9 Å². The van der Waals surface area contributed by atoms with Crippen LogP contribution in [0.4, 0.5) is 4.79 Å². The lowest BCUT2D eigenvalue weighted by Gasteiger charge is -2.29. The standard InChI is InChI=1S/C31H36N2O6/c1-19(28-26(34)16-31(2,3)17-27(28)35)33-25(29(36)37)14-8-9-15-32-30(38)39-18-24-22-12-6-4-10-20(22)21-11-5-7-13-23(21)24/h4-7,10-13,24-25,34H,8-9,14-18H2,1-3H3,(H,32,38)(H,36,37)/t25-/m1/s1. The maximum absolute atomic E-state index is 12.5. The monoisotopic (exact) mass is 532 g/mol. The molecular weight excluding hydrogens is 496 g/mol. The van der Waals surface area contributed by atoms with Crippen molar-refractivity contribution < 1.29 is 29.3 Å². The second-order valence-corrected chi connectivity index (χ2v) is 11.1. The molecule has 3 N–H and O–H groups in total. The van der Waals surface area contributed by atoms with Crippen molar-refractivity contribution in [2.24, 2.45) is 10.4 Å². The van der Waals surface area contributed by atoms with Crippen molar-refractivity contribution in [3.05, 3.63) is 71.0 Å². The van der Waals surface area contributed by atoms with E-state index in [9.17, 15) is 24.6 Å². The molecule has 2 aliphatic carbocycles. The number of carbonyl (C=O) groups excluding carboxylic acids is 2. The highest BCUT2D eigenvalue weighted by Gasteiger charge is 2.34. The summed E-state index contributed by atoms with van der Waals surface area (Å²) >= 11 is 0. The van der Waals surface area contributed by atoms with Crippen LogP contribution in [0.5, 0.6) is 0 Å². The Morgan fingerprint density at radius 2 is 1.67 bits per heavy atom. The van der Waals surface area contributed by atoms with Crippen molar-refractivity contribution in [2.45, 2.75) is 64.8 Å². The van der Waals surface area contributed by atoms with Crippen molar-refractivity contribution in [3.8, 4) is 11.1 Å². The van der Waals surface area contributed by atoms with Gasteiger partial charge < -0.3 is 20.3 Å². The molecule has 8 heteroatoms. The summed E-state index contributed by atoms with van der Waals surface area (Å²) in [6.45, 7) is 5.94. The number of benzene rings is 2. The van der Waals surface area contributed by atoms with Crippen molar-refractivity contribution in [1.82, 2.24) is 5.32 Å². The number of ketones is 1. The third kappa shape index (κ3) is 6.56. The van der Waals surface area contributed by atoms with Crippen LogP contribution in [0.25, 0.3) is 11.1 Å². The number of carboxylic acid groups (broad SMARTS) is 1. The number of alkyl carbamates (subject to hydrolysis) is 1. The molecule has 1 amide bonds. The molecule has 1 atom stereocenters. The average Bonchev–Trinajstić information content (AvgIpc) is 3.19. The van der Waals surface area contributed by atoms with E-state index in [-0.39, 0.29) is 53.6 Å². The third-order valence-corrected chi connectivity index (χ3v) is 7.37. The Morgan fingerprint density at radius 3 is 2.26 bits per heavy atom. The molecule has 2 aliphatic rings. The summed E-state index contributed by atoms with van der Waals surface area (Å²) in [5.41, 5.74) is 4.66. The first-order valence-electron chi connectivity index (χ1n) is 13.4. The fourth-order valence-electron chi connectivity index (χ4n) is 5.54. The van der Waals surface area contributed by atoms with Crippen molar-refractivity contribution in [1.29, 1.82) is 0 Å². The van der Waals surface area contributed by atoms with Gasteiger partial charge in [-0.25, -0.2) is 9.59 Å². The number of fused-ring (bicyclic) bond motifs is 3. The van der Waals surface area contributed by atoms with E-state index in [2.05, 4.69) is 34.6 Å². The van der Waals surface area contributed by atoms with Gasteiger partial charge in [-0.2, -0.15) is 0 Å². The lowest BCUT2D eigenvalue weighted by Crippen LogP contribution is -2.30. The summed E-state index contributed by atoms with van der Waals surface area (Å²) in [5.74, 6) is -1.37. The molecule has 0 aliphatic heterocycles. The first-order valence-corrected chi connectivity index (χ1v) is 13.4. The van der Waals surface area contributed by atoms with E-state index in [4.69, 9.17) is 4.74 Å². The molecule has 206 valence electrons. The number of hydrogen-bond donors (Lipinski definition) is 3. The van der Waals surface area contributed by atoms with Gasteiger partial charge in [0, 0.05) is 31.0 Å². The number of aliphatic imine (C=N–C) groups is 1. The van der Waals surface area contributed by atoms with Crippen LogP contribution < -0.4 is 5.32 Å². The van der Waals surface area contributed by atoms with Gasteiger partial charge in [0.15, 0.2) is 5.78 Å². The Morgan fingerprint density at radius 1 is 1.05 bits per heavy atom. The van der Waals surface area contributed by atoms with E-state index in [0.717, 1.165) is 22.3 Å². The lowest BCUT2D eigenvalue weighted by molar-refractivity contribution is -0.138. The van der Waals surface area contributed by atoms with Gasteiger partial charge in [0.05, 0.1) is 5.57 Å².